The first-order valence-corrected chi connectivity index (χ1v) is 6.14. The quantitative estimate of drug-likeness (QED) is 0.887. The summed E-state index contributed by atoms with van der Waals surface area (Å²) in [6, 6.07) is 5.83. The first-order valence-electron chi connectivity index (χ1n) is 6.14. The maximum Gasteiger partial charge on any atom is 0.313 e. The highest BCUT2D eigenvalue weighted by Gasteiger charge is 2.38. The summed E-state index contributed by atoms with van der Waals surface area (Å²) in [4.78, 5) is 11.5. The largest absolute Gasteiger partial charge is 0.497 e. The van der Waals surface area contributed by atoms with Crippen molar-refractivity contribution < 1.29 is 14.6 Å². The summed E-state index contributed by atoms with van der Waals surface area (Å²) in [5, 5.41) is 9.45. The van der Waals surface area contributed by atoms with Crippen LogP contribution in [0.3, 0.4) is 0 Å². The van der Waals surface area contributed by atoms with Gasteiger partial charge in [-0.25, -0.2) is 0 Å². The van der Waals surface area contributed by atoms with Crippen LogP contribution in [0, 0.1) is 5.41 Å². The first kappa shape index (κ1) is 12.7. The molecule has 0 heterocycles. The molecule has 0 saturated carbocycles. The summed E-state index contributed by atoms with van der Waals surface area (Å²) in [5.74, 6) is 0.0526. The molecule has 0 saturated heterocycles. The molecule has 0 spiro atoms. The molecule has 3 nitrogen and oxygen atoms in total. The first-order chi connectivity index (χ1) is 8.52. The Labute approximate surface area is 107 Å². The predicted molar refractivity (Wildman–Crippen MR) is 70.7 cm³/mol. The van der Waals surface area contributed by atoms with Crippen molar-refractivity contribution in [3.8, 4) is 5.75 Å². The second kappa shape index (κ2) is 4.48. The SMILES string of the molecule is CC[C@@](C)(C(=O)O)C1=CCc2cc(OC)ccc21. The number of hydrogen-bond acceptors (Lipinski definition) is 2. The molecule has 1 N–H and O–H groups in total. The number of carbonyl (C=O) groups is 1. The van der Waals surface area contributed by atoms with Gasteiger partial charge in [-0.1, -0.05) is 19.1 Å². The van der Waals surface area contributed by atoms with E-state index in [9.17, 15) is 9.90 Å². The molecule has 0 fully saturated rings. The van der Waals surface area contributed by atoms with Crippen LogP contribution in [0.5, 0.6) is 5.75 Å². The summed E-state index contributed by atoms with van der Waals surface area (Å²) >= 11 is 0. The highest BCUT2D eigenvalue weighted by Crippen LogP contribution is 2.43. The van der Waals surface area contributed by atoms with Gasteiger partial charge in [0.25, 0.3) is 0 Å². The molecule has 0 radical (unpaired) electrons. The molecular weight excluding hydrogens is 228 g/mol. The van der Waals surface area contributed by atoms with E-state index in [0.717, 1.165) is 28.9 Å². The monoisotopic (exact) mass is 246 g/mol. The van der Waals surface area contributed by atoms with Crippen LogP contribution in [-0.4, -0.2) is 18.2 Å². The molecule has 0 amide bonds. The lowest BCUT2D eigenvalue weighted by molar-refractivity contribution is -0.144. The Balaban J connectivity index is 2.45. The van der Waals surface area contributed by atoms with Gasteiger partial charge >= 0.3 is 5.97 Å². The average molecular weight is 246 g/mol. The minimum absolute atomic E-state index is 0.583. The lowest BCUT2D eigenvalue weighted by Gasteiger charge is -2.25. The third-order valence-corrected chi connectivity index (χ3v) is 3.90. The minimum atomic E-state index is -0.806. The second-order valence-corrected chi connectivity index (χ2v) is 4.84. The van der Waals surface area contributed by atoms with Gasteiger partial charge in [0.15, 0.2) is 0 Å². The van der Waals surface area contributed by atoms with E-state index in [1.165, 1.54) is 0 Å². The van der Waals surface area contributed by atoms with Crippen molar-refractivity contribution in [1.82, 2.24) is 0 Å². The van der Waals surface area contributed by atoms with Crippen LogP contribution in [0.1, 0.15) is 31.4 Å². The van der Waals surface area contributed by atoms with Gasteiger partial charge in [-0.2, -0.15) is 0 Å². The van der Waals surface area contributed by atoms with E-state index in [0.29, 0.717) is 6.42 Å². The minimum Gasteiger partial charge on any atom is -0.497 e. The van der Waals surface area contributed by atoms with Crippen LogP contribution in [0.4, 0.5) is 0 Å². The Kier molecular flexibility index (Phi) is 3.16. The number of rotatable bonds is 4. The maximum atomic E-state index is 11.5. The molecule has 0 aliphatic heterocycles. The van der Waals surface area contributed by atoms with Crippen LogP contribution in [-0.2, 0) is 11.2 Å². The number of carboxylic acids is 1. The highest BCUT2D eigenvalue weighted by molar-refractivity contribution is 5.94. The van der Waals surface area contributed by atoms with Crippen molar-refractivity contribution >= 4 is 11.5 Å². The molecule has 1 aromatic carbocycles. The van der Waals surface area contributed by atoms with Crippen LogP contribution >= 0.6 is 0 Å². The molecule has 1 atom stereocenters. The van der Waals surface area contributed by atoms with E-state index >= 15 is 0 Å². The van der Waals surface area contributed by atoms with Crippen molar-refractivity contribution in [3.05, 3.63) is 35.4 Å². The fraction of sp³-hybridized carbons (Fsp3) is 0.400. The third-order valence-electron chi connectivity index (χ3n) is 3.90. The van der Waals surface area contributed by atoms with Crippen LogP contribution in [0.2, 0.25) is 0 Å². The maximum absolute atomic E-state index is 11.5. The Bertz CT molecular complexity index is 516. The van der Waals surface area contributed by atoms with E-state index < -0.39 is 11.4 Å². The third kappa shape index (κ3) is 1.80. The van der Waals surface area contributed by atoms with Gasteiger partial charge in [-0.05, 0) is 48.6 Å². The van der Waals surface area contributed by atoms with Gasteiger partial charge in [0, 0.05) is 0 Å². The number of methoxy groups -OCH3 is 1. The Hall–Kier alpha value is -1.77. The predicted octanol–water partition coefficient (Wildman–Crippen LogP) is 3.14. The number of carboxylic acid groups (broad SMARTS) is 1. The van der Waals surface area contributed by atoms with Crippen molar-refractivity contribution in [1.29, 1.82) is 0 Å². The van der Waals surface area contributed by atoms with E-state index in [1.54, 1.807) is 14.0 Å². The summed E-state index contributed by atoms with van der Waals surface area (Å²) in [7, 11) is 1.64. The molecule has 18 heavy (non-hydrogen) atoms. The zero-order valence-corrected chi connectivity index (χ0v) is 11.0. The molecule has 0 unspecified atom stereocenters. The molecule has 2 rings (SSSR count). The van der Waals surface area contributed by atoms with Crippen LogP contribution < -0.4 is 4.74 Å². The number of fused-ring (bicyclic) bond motifs is 1. The Morgan fingerprint density at radius 2 is 2.22 bits per heavy atom. The van der Waals surface area contributed by atoms with Gasteiger partial charge in [0.05, 0.1) is 12.5 Å². The molecular formula is C15H18O3. The zero-order chi connectivity index (χ0) is 13.3. The molecule has 1 aliphatic rings. The number of aliphatic carboxylic acids is 1. The smallest absolute Gasteiger partial charge is 0.313 e. The van der Waals surface area contributed by atoms with E-state index in [4.69, 9.17) is 4.74 Å². The normalized spacial score (nSPS) is 16.7. The second-order valence-electron chi connectivity index (χ2n) is 4.84. The number of hydrogen-bond donors (Lipinski definition) is 1. The fourth-order valence-corrected chi connectivity index (χ4v) is 2.43. The summed E-state index contributed by atoms with van der Waals surface area (Å²) in [6.07, 6.45) is 3.39. The number of benzene rings is 1. The summed E-state index contributed by atoms with van der Waals surface area (Å²) in [6.45, 7) is 3.71. The lowest BCUT2D eigenvalue weighted by Crippen LogP contribution is -2.27. The molecule has 0 bridgehead atoms. The summed E-state index contributed by atoms with van der Waals surface area (Å²) < 4.78 is 5.19. The highest BCUT2D eigenvalue weighted by atomic mass is 16.5. The van der Waals surface area contributed by atoms with Gasteiger partial charge < -0.3 is 9.84 Å². The molecule has 3 heteroatoms. The summed E-state index contributed by atoms with van der Waals surface area (Å²) in [5.41, 5.74) is 2.31. The van der Waals surface area contributed by atoms with E-state index in [1.807, 2.05) is 31.2 Å². The Morgan fingerprint density at radius 3 is 2.78 bits per heavy atom. The molecule has 96 valence electrons. The van der Waals surface area contributed by atoms with Crippen molar-refractivity contribution in [2.75, 3.05) is 7.11 Å². The fourth-order valence-electron chi connectivity index (χ4n) is 2.43. The van der Waals surface area contributed by atoms with Crippen LogP contribution in [0.15, 0.2) is 24.3 Å². The lowest BCUT2D eigenvalue weighted by atomic mass is 9.77. The van der Waals surface area contributed by atoms with Crippen molar-refractivity contribution in [2.45, 2.75) is 26.7 Å². The number of ether oxygens (including phenoxy) is 1. The van der Waals surface area contributed by atoms with E-state index in [2.05, 4.69) is 0 Å². The zero-order valence-electron chi connectivity index (χ0n) is 11.0. The van der Waals surface area contributed by atoms with Gasteiger partial charge in [0.1, 0.15) is 5.75 Å². The Morgan fingerprint density at radius 1 is 1.50 bits per heavy atom. The van der Waals surface area contributed by atoms with Gasteiger partial charge in [-0.3, -0.25) is 4.79 Å². The average Bonchev–Trinajstić information content (AvgIpc) is 2.80. The topological polar surface area (TPSA) is 46.5 Å². The molecule has 1 aliphatic carbocycles. The van der Waals surface area contributed by atoms with Gasteiger partial charge in [0.2, 0.25) is 0 Å². The van der Waals surface area contributed by atoms with Crippen molar-refractivity contribution in [3.63, 3.8) is 0 Å². The molecule has 1 aromatic rings. The van der Waals surface area contributed by atoms with Gasteiger partial charge in [-0.15, -0.1) is 0 Å². The van der Waals surface area contributed by atoms with Crippen LogP contribution in [0.25, 0.3) is 5.57 Å². The van der Waals surface area contributed by atoms with Crippen molar-refractivity contribution in [2.24, 2.45) is 5.41 Å². The standard InChI is InChI=1S/C15H18O3/c1-4-15(2,14(16)17)13-8-5-10-9-11(18-3)6-7-12(10)13/h6-9H,4-5H2,1-3H3,(H,16,17)/t15-/m1/s1. The number of allylic oxidation sites excluding steroid dienone is 1. The van der Waals surface area contributed by atoms with E-state index in [-0.39, 0.29) is 0 Å². The molecule has 0 aromatic heterocycles.